The lowest BCUT2D eigenvalue weighted by atomic mass is 10.1. The third kappa shape index (κ3) is 3.80. The molecular weight excluding hydrogens is 370 g/mol. The number of pyridine rings is 1. The number of hydrogen-bond donors (Lipinski definition) is 1. The standard InChI is InChI=1S/C22H17N3O2S/c1-14(2)20-19-12-16(13-23-22(19)27-25-20)21(26)24-17-6-3-5-15(11-17)8-9-18-7-4-10-28-18/h3-7,10-14H,1-2H3,(H,24,26). The average molecular weight is 387 g/mol. The van der Waals surface area contributed by atoms with Crippen LogP contribution >= 0.6 is 11.3 Å². The van der Waals surface area contributed by atoms with Crippen LogP contribution < -0.4 is 5.32 Å². The molecule has 0 radical (unpaired) electrons. The number of anilines is 1. The van der Waals surface area contributed by atoms with Gasteiger partial charge < -0.3 is 9.84 Å². The van der Waals surface area contributed by atoms with Gasteiger partial charge in [0.1, 0.15) is 0 Å². The topological polar surface area (TPSA) is 68.0 Å². The van der Waals surface area contributed by atoms with E-state index < -0.39 is 0 Å². The summed E-state index contributed by atoms with van der Waals surface area (Å²) in [5.41, 5.74) is 3.19. The van der Waals surface area contributed by atoms with Gasteiger partial charge in [-0.2, -0.15) is 0 Å². The summed E-state index contributed by atoms with van der Waals surface area (Å²) in [6.45, 7) is 4.04. The molecule has 3 heterocycles. The number of carbonyl (C=O) groups excluding carboxylic acids is 1. The number of nitrogens with one attached hydrogen (secondary N) is 1. The van der Waals surface area contributed by atoms with Crippen molar-refractivity contribution in [1.82, 2.24) is 10.1 Å². The van der Waals surface area contributed by atoms with Crippen LogP contribution in [0.3, 0.4) is 0 Å². The fourth-order valence-corrected chi connectivity index (χ4v) is 3.32. The molecule has 5 nitrogen and oxygen atoms in total. The number of carbonyl (C=O) groups is 1. The van der Waals surface area contributed by atoms with E-state index in [0.29, 0.717) is 17.0 Å². The summed E-state index contributed by atoms with van der Waals surface area (Å²) in [6.07, 6.45) is 1.49. The molecule has 138 valence electrons. The highest BCUT2D eigenvalue weighted by molar-refractivity contribution is 7.10. The summed E-state index contributed by atoms with van der Waals surface area (Å²) in [6, 6.07) is 13.2. The predicted octanol–water partition coefficient (Wildman–Crippen LogP) is 5.06. The van der Waals surface area contributed by atoms with Crippen LogP contribution in [0.25, 0.3) is 11.1 Å². The molecule has 3 aromatic heterocycles. The van der Waals surface area contributed by atoms with Crippen LogP contribution in [0.1, 0.15) is 46.3 Å². The summed E-state index contributed by atoms with van der Waals surface area (Å²) in [5, 5.41) is 9.71. The van der Waals surface area contributed by atoms with Gasteiger partial charge in [-0.05, 0) is 41.6 Å². The van der Waals surface area contributed by atoms with Crippen LogP contribution in [-0.2, 0) is 0 Å². The van der Waals surface area contributed by atoms with Crippen LogP contribution in [0.2, 0.25) is 0 Å². The van der Waals surface area contributed by atoms with E-state index in [0.717, 1.165) is 21.5 Å². The Morgan fingerprint density at radius 1 is 1.18 bits per heavy atom. The van der Waals surface area contributed by atoms with Gasteiger partial charge in [-0.1, -0.05) is 43.0 Å². The molecule has 0 aliphatic carbocycles. The molecule has 4 aromatic rings. The number of thiophene rings is 1. The fraction of sp³-hybridized carbons (Fsp3) is 0.136. The molecule has 0 unspecified atom stereocenters. The van der Waals surface area contributed by atoms with Gasteiger partial charge in [0.05, 0.1) is 21.5 Å². The maximum absolute atomic E-state index is 12.7. The maximum Gasteiger partial charge on any atom is 0.257 e. The highest BCUT2D eigenvalue weighted by Gasteiger charge is 2.15. The minimum Gasteiger partial charge on any atom is -0.336 e. The Hall–Kier alpha value is -3.43. The van der Waals surface area contributed by atoms with E-state index >= 15 is 0 Å². The Morgan fingerprint density at radius 2 is 2.07 bits per heavy atom. The molecule has 4 rings (SSSR count). The van der Waals surface area contributed by atoms with Gasteiger partial charge in [-0.15, -0.1) is 11.3 Å². The Labute approximate surface area is 166 Å². The first-order valence-electron chi connectivity index (χ1n) is 8.82. The molecule has 1 amide bonds. The van der Waals surface area contributed by atoms with Gasteiger partial charge in [0.2, 0.25) is 0 Å². The van der Waals surface area contributed by atoms with Gasteiger partial charge in [-0.3, -0.25) is 4.79 Å². The highest BCUT2D eigenvalue weighted by atomic mass is 32.1. The van der Waals surface area contributed by atoms with Crippen molar-refractivity contribution < 1.29 is 9.32 Å². The lowest BCUT2D eigenvalue weighted by Gasteiger charge is -2.06. The minimum absolute atomic E-state index is 0.181. The Bertz CT molecular complexity index is 1200. The number of benzene rings is 1. The fourth-order valence-electron chi connectivity index (χ4n) is 2.75. The SMILES string of the molecule is CC(C)c1noc2ncc(C(=O)Nc3cccc(C#Cc4cccs4)c3)cc12. The monoisotopic (exact) mass is 387 g/mol. The van der Waals surface area contributed by atoms with Crippen molar-refractivity contribution in [2.45, 2.75) is 19.8 Å². The van der Waals surface area contributed by atoms with Crippen LogP contribution in [0, 0.1) is 11.8 Å². The van der Waals surface area contributed by atoms with Crippen LogP contribution in [0.15, 0.2) is 58.6 Å². The summed E-state index contributed by atoms with van der Waals surface area (Å²) < 4.78 is 5.23. The average Bonchev–Trinajstić information content (AvgIpc) is 3.35. The van der Waals surface area contributed by atoms with Gasteiger partial charge in [0, 0.05) is 17.4 Å². The molecule has 0 saturated heterocycles. The van der Waals surface area contributed by atoms with E-state index in [2.05, 4.69) is 27.3 Å². The number of hydrogen-bond acceptors (Lipinski definition) is 5. The van der Waals surface area contributed by atoms with Crippen LogP contribution in [0.4, 0.5) is 5.69 Å². The number of rotatable bonds is 3. The van der Waals surface area contributed by atoms with Gasteiger partial charge >= 0.3 is 0 Å². The number of amides is 1. The van der Waals surface area contributed by atoms with Crippen molar-refractivity contribution in [3.05, 3.63) is 75.7 Å². The normalized spacial score (nSPS) is 10.7. The van der Waals surface area contributed by atoms with Crippen LogP contribution in [-0.4, -0.2) is 16.0 Å². The molecule has 0 bridgehead atoms. The largest absolute Gasteiger partial charge is 0.336 e. The van der Waals surface area contributed by atoms with Crippen molar-refractivity contribution >= 4 is 34.0 Å². The second kappa shape index (κ2) is 7.67. The zero-order valence-corrected chi connectivity index (χ0v) is 16.2. The minimum atomic E-state index is -0.242. The van der Waals surface area contributed by atoms with E-state index in [4.69, 9.17) is 4.52 Å². The lowest BCUT2D eigenvalue weighted by molar-refractivity contribution is 0.102. The molecule has 28 heavy (non-hydrogen) atoms. The van der Waals surface area contributed by atoms with Crippen molar-refractivity contribution in [3.63, 3.8) is 0 Å². The summed E-state index contributed by atoms with van der Waals surface area (Å²) >= 11 is 1.60. The Balaban J connectivity index is 1.56. The number of nitrogens with zero attached hydrogens (tertiary/aromatic N) is 2. The van der Waals surface area contributed by atoms with E-state index in [-0.39, 0.29) is 11.8 Å². The van der Waals surface area contributed by atoms with E-state index in [9.17, 15) is 4.79 Å². The number of aromatic nitrogens is 2. The molecule has 1 aromatic carbocycles. The van der Waals surface area contributed by atoms with Gasteiger partial charge in [0.25, 0.3) is 11.6 Å². The third-order valence-corrected chi connectivity index (χ3v) is 4.92. The first kappa shape index (κ1) is 18.0. The quantitative estimate of drug-likeness (QED) is 0.499. The molecule has 0 aliphatic rings. The predicted molar refractivity (Wildman–Crippen MR) is 111 cm³/mol. The molecule has 0 fully saturated rings. The smallest absolute Gasteiger partial charge is 0.257 e. The molecule has 1 N–H and O–H groups in total. The molecular formula is C22H17N3O2S. The summed E-state index contributed by atoms with van der Waals surface area (Å²) in [4.78, 5) is 17.9. The van der Waals surface area contributed by atoms with E-state index in [1.807, 2.05) is 55.6 Å². The first-order chi connectivity index (χ1) is 13.6. The second-order valence-corrected chi connectivity index (χ2v) is 7.51. The number of fused-ring (bicyclic) bond motifs is 1. The molecule has 0 atom stereocenters. The zero-order valence-electron chi connectivity index (χ0n) is 15.4. The van der Waals surface area contributed by atoms with E-state index in [1.165, 1.54) is 6.20 Å². The molecule has 0 spiro atoms. The van der Waals surface area contributed by atoms with Crippen molar-refractivity contribution in [3.8, 4) is 11.8 Å². The van der Waals surface area contributed by atoms with Crippen molar-refractivity contribution in [2.24, 2.45) is 0 Å². The van der Waals surface area contributed by atoms with E-state index in [1.54, 1.807) is 17.4 Å². The van der Waals surface area contributed by atoms with Crippen LogP contribution in [0.5, 0.6) is 0 Å². The first-order valence-corrected chi connectivity index (χ1v) is 9.70. The highest BCUT2D eigenvalue weighted by Crippen LogP contribution is 2.24. The maximum atomic E-state index is 12.7. The molecule has 0 aliphatic heterocycles. The lowest BCUT2D eigenvalue weighted by Crippen LogP contribution is -2.12. The Morgan fingerprint density at radius 3 is 2.86 bits per heavy atom. The van der Waals surface area contributed by atoms with Crippen molar-refractivity contribution in [2.75, 3.05) is 5.32 Å². The summed E-state index contributed by atoms with van der Waals surface area (Å²) in [7, 11) is 0. The molecule has 6 heteroatoms. The zero-order chi connectivity index (χ0) is 19.5. The summed E-state index contributed by atoms with van der Waals surface area (Å²) in [5.74, 6) is 6.17. The molecule has 0 saturated carbocycles. The van der Waals surface area contributed by atoms with Gasteiger partial charge in [-0.25, -0.2) is 4.98 Å². The Kier molecular flexibility index (Phi) is 4.92. The second-order valence-electron chi connectivity index (χ2n) is 6.56. The van der Waals surface area contributed by atoms with Gasteiger partial charge in [0.15, 0.2) is 0 Å². The third-order valence-electron chi connectivity index (χ3n) is 4.14. The van der Waals surface area contributed by atoms with Crippen molar-refractivity contribution in [1.29, 1.82) is 0 Å².